The van der Waals surface area contributed by atoms with Gasteiger partial charge in [-0.2, -0.15) is 0 Å². The molecule has 2 aliphatic rings. The summed E-state index contributed by atoms with van der Waals surface area (Å²) in [7, 11) is -2.60. The van der Waals surface area contributed by atoms with Gasteiger partial charge in [0.2, 0.25) is 11.8 Å². The molecule has 2 aliphatic heterocycles. The standard InChI is InChI=1S/C32H43N3O5Si/c1-21-28(40-29(32(21)41(2,3)39)18-31(38)35-15-7-10-25(35)20-36)14-13-22-8-6-9-24(16-22)34-30(37)17-23-19-33-27-12-5-4-11-26(23)27/h4-6,8-9,11-12,16,19,21,25,28-29,32-33,36,39H,7,10,13-15,17-18,20H2,1-3H3,(H,34,37)/t21-,25-,28+,29-,32+/m0/s1. The van der Waals surface area contributed by atoms with Crippen LogP contribution >= 0.6 is 0 Å². The van der Waals surface area contributed by atoms with Crippen LogP contribution in [0.15, 0.2) is 54.7 Å². The van der Waals surface area contributed by atoms with Crippen LogP contribution in [0.25, 0.3) is 10.9 Å². The lowest BCUT2D eigenvalue weighted by Gasteiger charge is -2.31. The van der Waals surface area contributed by atoms with Gasteiger partial charge in [-0.15, -0.1) is 0 Å². The number of benzene rings is 2. The fraction of sp³-hybridized carbons (Fsp3) is 0.500. The minimum Gasteiger partial charge on any atom is -0.432 e. The number of aryl methyl sites for hydroxylation is 1. The van der Waals surface area contributed by atoms with E-state index in [1.54, 1.807) is 4.90 Å². The Bertz CT molecular complexity index is 1370. The SMILES string of the molecule is C[C@@H]1[C@@H]([Si](C)(C)O)[C@H](CC(=O)N2CCC[C@H]2CO)O[C@@H]1CCc1cccc(NC(=O)Cc2c[nH]c3ccccc23)c1. The summed E-state index contributed by atoms with van der Waals surface area (Å²) in [4.78, 5) is 42.2. The minimum absolute atomic E-state index is 0.0114. The van der Waals surface area contributed by atoms with E-state index >= 15 is 0 Å². The number of para-hydroxylation sites is 1. The summed E-state index contributed by atoms with van der Waals surface area (Å²) in [6, 6.07) is 15.8. The van der Waals surface area contributed by atoms with Gasteiger partial charge in [0.15, 0.2) is 8.32 Å². The zero-order valence-corrected chi connectivity index (χ0v) is 25.3. The maximum Gasteiger partial charge on any atom is 0.228 e. The molecule has 2 amide bonds. The van der Waals surface area contributed by atoms with Crippen molar-refractivity contribution in [2.24, 2.45) is 5.92 Å². The normalized spacial score (nSPS) is 24.7. The molecule has 4 N–H and O–H groups in total. The van der Waals surface area contributed by atoms with E-state index in [2.05, 4.69) is 23.3 Å². The first-order valence-electron chi connectivity index (χ1n) is 14.9. The number of aromatic nitrogens is 1. The molecule has 1 aromatic heterocycles. The molecular weight excluding hydrogens is 534 g/mol. The summed E-state index contributed by atoms with van der Waals surface area (Å²) in [6.07, 6.45) is 5.32. The Hall–Kier alpha value is -2.98. The molecule has 0 radical (unpaired) electrons. The Morgan fingerprint density at radius 3 is 2.73 bits per heavy atom. The van der Waals surface area contributed by atoms with E-state index in [1.165, 1.54) is 0 Å². The molecule has 8 nitrogen and oxygen atoms in total. The Morgan fingerprint density at radius 1 is 1.15 bits per heavy atom. The lowest BCUT2D eigenvalue weighted by molar-refractivity contribution is -0.135. The molecule has 3 aromatic rings. The van der Waals surface area contributed by atoms with Gasteiger partial charge in [-0.05, 0) is 74.0 Å². The highest BCUT2D eigenvalue weighted by atomic mass is 28.4. The number of hydrogen-bond acceptors (Lipinski definition) is 5. The van der Waals surface area contributed by atoms with Crippen LogP contribution in [0, 0.1) is 5.92 Å². The van der Waals surface area contributed by atoms with Crippen LogP contribution in [0.4, 0.5) is 5.69 Å². The molecule has 3 heterocycles. The minimum atomic E-state index is -2.60. The zero-order chi connectivity index (χ0) is 29.1. The zero-order valence-electron chi connectivity index (χ0n) is 24.3. The number of H-pyrrole nitrogens is 1. The van der Waals surface area contributed by atoms with Gasteiger partial charge < -0.3 is 29.8 Å². The van der Waals surface area contributed by atoms with Crippen molar-refractivity contribution in [3.63, 3.8) is 0 Å². The second-order valence-electron chi connectivity index (χ2n) is 12.3. The number of ether oxygens (including phenoxy) is 1. The Morgan fingerprint density at radius 2 is 1.95 bits per heavy atom. The van der Waals surface area contributed by atoms with E-state index in [-0.39, 0.29) is 54.6 Å². The third kappa shape index (κ3) is 6.75. The highest BCUT2D eigenvalue weighted by Crippen LogP contribution is 2.46. The molecule has 0 saturated carbocycles. The fourth-order valence-electron chi connectivity index (χ4n) is 7.02. The molecule has 9 heteroatoms. The molecule has 5 rings (SSSR count). The number of aromatic amines is 1. The van der Waals surface area contributed by atoms with Gasteiger partial charge in [-0.25, -0.2) is 0 Å². The molecule has 2 aromatic carbocycles. The predicted molar refractivity (Wildman–Crippen MR) is 163 cm³/mol. The lowest BCUT2D eigenvalue weighted by atomic mass is 9.95. The molecular formula is C32H43N3O5Si. The number of anilines is 1. The van der Waals surface area contributed by atoms with Gasteiger partial charge in [0.05, 0.1) is 37.7 Å². The number of rotatable bonds is 10. The number of aliphatic hydroxyl groups is 1. The molecule has 0 spiro atoms. The van der Waals surface area contributed by atoms with Crippen molar-refractivity contribution in [1.29, 1.82) is 0 Å². The molecule has 220 valence electrons. The number of fused-ring (bicyclic) bond motifs is 1. The maximum absolute atomic E-state index is 13.2. The molecule has 2 saturated heterocycles. The topological polar surface area (TPSA) is 115 Å². The third-order valence-corrected chi connectivity index (χ3v) is 11.5. The van der Waals surface area contributed by atoms with Crippen molar-refractivity contribution in [2.75, 3.05) is 18.5 Å². The quantitative estimate of drug-likeness (QED) is 0.263. The van der Waals surface area contributed by atoms with Crippen LogP contribution in [0.3, 0.4) is 0 Å². The summed E-state index contributed by atoms with van der Waals surface area (Å²) in [6.45, 7) is 6.68. The van der Waals surface area contributed by atoms with E-state index in [9.17, 15) is 19.5 Å². The monoisotopic (exact) mass is 577 g/mol. The molecule has 0 aliphatic carbocycles. The van der Waals surface area contributed by atoms with E-state index in [1.807, 2.05) is 61.8 Å². The van der Waals surface area contributed by atoms with Crippen LogP contribution in [-0.4, -0.2) is 71.3 Å². The third-order valence-electron chi connectivity index (χ3n) is 8.96. The Balaban J connectivity index is 1.19. The largest absolute Gasteiger partial charge is 0.432 e. The molecule has 2 fully saturated rings. The van der Waals surface area contributed by atoms with Crippen molar-refractivity contribution in [2.45, 2.75) is 82.3 Å². The summed E-state index contributed by atoms with van der Waals surface area (Å²) in [5.41, 5.74) is 3.82. The average Bonchev–Trinajstić information content (AvgIpc) is 3.65. The highest BCUT2D eigenvalue weighted by molar-refractivity contribution is 6.71. The first-order valence-corrected chi connectivity index (χ1v) is 17.9. The first kappa shape index (κ1) is 29.5. The van der Waals surface area contributed by atoms with Crippen molar-refractivity contribution >= 4 is 36.7 Å². The Labute approximate surface area is 243 Å². The molecule has 5 atom stereocenters. The van der Waals surface area contributed by atoms with Crippen molar-refractivity contribution < 1.29 is 24.2 Å². The number of amides is 2. The van der Waals surface area contributed by atoms with Gasteiger partial charge in [-0.1, -0.05) is 37.3 Å². The van der Waals surface area contributed by atoms with Crippen LogP contribution in [-0.2, 0) is 27.2 Å². The first-order chi connectivity index (χ1) is 19.6. The lowest BCUT2D eigenvalue weighted by Crippen LogP contribution is -2.43. The van der Waals surface area contributed by atoms with Gasteiger partial charge in [0.1, 0.15) is 0 Å². The van der Waals surface area contributed by atoms with E-state index in [4.69, 9.17) is 4.74 Å². The summed E-state index contributed by atoms with van der Waals surface area (Å²) >= 11 is 0. The Kier molecular flexibility index (Phi) is 8.99. The predicted octanol–water partition coefficient (Wildman–Crippen LogP) is 4.63. The maximum atomic E-state index is 13.2. The smallest absolute Gasteiger partial charge is 0.228 e. The number of carbonyl (C=O) groups excluding carboxylic acids is 2. The summed E-state index contributed by atoms with van der Waals surface area (Å²) < 4.78 is 6.51. The van der Waals surface area contributed by atoms with Gasteiger partial charge in [0.25, 0.3) is 0 Å². The van der Waals surface area contributed by atoms with E-state index in [0.717, 1.165) is 53.4 Å². The second-order valence-corrected chi connectivity index (χ2v) is 16.3. The number of hydrogen-bond donors (Lipinski definition) is 4. The van der Waals surface area contributed by atoms with Crippen molar-refractivity contribution in [3.05, 3.63) is 65.9 Å². The number of nitrogens with one attached hydrogen (secondary N) is 2. The number of aliphatic hydroxyl groups excluding tert-OH is 1. The van der Waals surface area contributed by atoms with Crippen molar-refractivity contribution in [1.82, 2.24) is 9.88 Å². The second kappa shape index (κ2) is 12.5. The van der Waals surface area contributed by atoms with Gasteiger partial charge >= 0.3 is 0 Å². The van der Waals surface area contributed by atoms with Crippen LogP contribution in [0.2, 0.25) is 18.6 Å². The molecule has 41 heavy (non-hydrogen) atoms. The molecule has 0 unspecified atom stereocenters. The van der Waals surface area contributed by atoms with Crippen LogP contribution in [0.5, 0.6) is 0 Å². The van der Waals surface area contributed by atoms with Gasteiger partial charge in [-0.3, -0.25) is 9.59 Å². The number of nitrogens with zero attached hydrogens (tertiary/aromatic N) is 1. The van der Waals surface area contributed by atoms with E-state index in [0.29, 0.717) is 13.0 Å². The number of likely N-dealkylation sites (tertiary alicyclic amines) is 1. The van der Waals surface area contributed by atoms with E-state index < -0.39 is 8.32 Å². The van der Waals surface area contributed by atoms with Crippen LogP contribution < -0.4 is 5.32 Å². The van der Waals surface area contributed by atoms with Gasteiger partial charge in [0, 0.05) is 34.9 Å². The average molecular weight is 578 g/mol. The summed E-state index contributed by atoms with van der Waals surface area (Å²) in [5.74, 6) is 0.0797. The van der Waals surface area contributed by atoms with Crippen LogP contribution in [0.1, 0.15) is 43.7 Å². The highest BCUT2D eigenvalue weighted by Gasteiger charge is 2.50. The fourth-order valence-corrected chi connectivity index (χ4v) is 9.63. The molecule has 0 bridgehead atoms. The summed E-state index contributed by atoms with van der Waals surface area (Å²) in [5, 5.41) is 13.8. The number of carbonyl (C=O) groups is 2. The van der Waals surface area contributed by atoms with Crippen molar-refractivity contribution in [3.8, 4) is 0 Å².